The lowest BCUT2D eigenvalue weighted by Gasteiger charge is -2.22. The first-order valence-corrected chi connectivity index (χ1v) is 8.39. The summed E-state index contributed by atoms with van der Waals surface area (Å²) in [4.78, 5) is 1.31. The number of rotatable bonds is 4. The van der Waals surface area contributed by atoms with Gasteiger partial charge in [-0.25, -0.2) is 0 Å². The summed E-state index contributed by atoms with van der Waals surface area (Å²) in [6.45, 7) is 6.36. The van der Waals surface area contributed by atoms with Crippen LogP contribution in [-0.4, -0.2) is 6.04 Å². The van der Waals surface area contributed by atoms with E-state index in [1.165, 1.54) is 21.6 Å². The minimum Gasteiger partial charge on any atom is -0.327 e. The highest BCUT2D eigenvalue weighted by atomic mass is 79.9. The summed E-state index contributed by atoms with van der Waals surface area (Å²) in [5, 5.41) is 0.268. The van der Waals surface area contributed by atoms with Crippen LogP contribution < -0.4 is 5.73 Å². The molecule has 0 heterocycles. The van der Waals surface area contributed by atoms with Gasteiger partial charge in [-0.05, 0) is 50.1 Å². The maximum Gasteiger partial charge on any atom is 0.0492 e. The van der Waals surface area contributed by atoms with E-state index < -0.39 is 0 Å². The van der Waals surface area contributed by atoms with Gasteiger partial charge in [-0.3, -0.25) is 0 Å². The Kier molecular flexibility index (Phi) is 5.30. The third-order valence-electron chi connectivity index (χ3n) is 3.26. The molecule has 2 N–H and O–H groups in total. The topological polar surface area (TPSA) is 26.0 Å². The molecule has 0 radical (unpaired) electrons. The molecule has 106 valence electrons. The average Bonchev–Trinajstić information content (AvgIpc) is 2.39. The van der Waals surface area contributed by atoms with E-state index in [-0.39, 0.29) is 11.3 Å². The molecule has 0 aliphatic heterocycles. The summed E-state index contributed by atoms with van der Waals surface area (Å²) in [6, 6.07) is 15.1. The van der Waals surface area contributed by atoms with Crippen molar-refractivity contribution < 1.29 is 0 Å². The van der Waals surface area contributed by atoms with Crippen molar-refractivity contribution in [3.63, 3.8) is 0 Å². The van der Waals surface area contributed by atoms with Crippen molar-refractivity contribution in [3.05, 3.63) is 63.6 Å². The van der Waals surface area contributed by atoms with E-state index >= 15 is 0 Å². The molecule has 2 aromatic rings. The second-order valence-corrected chi connectivity index (χ2v) is 7.32. The van der Waals surface area contributed by atoms with E-state index in [9.17, 15) is 0 Å². The first-order valence-electron chi connectivity index (χ1n) is 6.72. The largest absolute Gasteiger partial charge is 0.327 e. The lowest BCUT2D eigenvalue weighted by atomic mass is 10.1. The predicted molar refractivity (Wildman–Crippen MR) is 92.3 cm³/mol. The Morgan fingerprint density at radius 3 is 2.25 bits per heavy atom. The summed E-state index contributed by atoms with van der Waals surface area (Å²) in [5.74, 6) is 0. The summed E-state index contributed by atoms with van der Waals surface area (Å²) in [5.41, 5.74) is 10.1. The molecule has 0 aromatic heterocycles. The molecular weight excluding hydrogens is 330 g/mol. The minimum absolute atomic E-state index is 0.0990. The van der Waals surface area contributed by atoms with Crippen LogP contribution in [0, 0.1) is 13.8 Å². The van der Waals surface area contributed by atoms with Crippen LogP contribution in [0.25, 0.3) is 0 Å². The number of hydrogen-bond donors (Lipinski definition) is 1. The molecule has 0 spiro atoms. The maximum absolute atomic E-state index is 6.20. The van der Waals surface area contributed by atoms with Crippen LogP contribution in [0.2, 0.25) is 0 Å². The average molecular weight is 350 g/mol. The normalized spacial score (nSPS) is 14.1. The first kappa shape index (κ1) is 15.6. The van der Waals surface area contributed by atoms with E-state index in [1.807, 2.05) is 11.8 Å². The van der Waals surface area contributed by atoms with Gasteiger partial charge in [-0.1, -0.05) is 45.8 Å². The molecule has 20 heavy (non-hydrogen) atoms. The van der Waals surface area contributed by atoms with E-state index in [0.29, 0.717) is 0 Å². The van der Waals surface area contributed by atoms with Crippen LogP contribution in [0.15, 0.2) is 51.8 Å². The fraction of sp³-hybridized carbons (Fsp3) is 0.294. The van der Waals surface area contributed by atoms with Crippen molar-refractivity contribution in [3.8, 4) is 0 Å². The second kappa shape index (κ2) is 6.79. The number of benzene rings is 2. The lowest BCUT2D eigenvalue weighted by Crippen LogP contribution is -2.22. The first-order chi connectivity index (χ1) is 9.47. The molecule has 2 aromatic carbocycles. The standard InChI is InChI=1S/C17H20BrNS/c1-11-4-9-16(12(2)10-11)20-17(13(3)19)14-5-7-15(18)8-6-14/h4-10,13,17H,19H2,1-3H3. The van der Waals surface area contributed by atoms with Crippen molar-refractivity contribution in [2.45, 2.75) is 37.0 Å². The third-order valence-corrected chi connectivity index (χ3v) is 5.46. The van der Waals surface area contributed by atoms with E-state index in [0.717, 1.165) is 4.47 Å². The smallest absolute Gasteiger partial charge is 0.0492 e. The highest BCUT2D eigenvalue weighted by Crippen LogP contribution is 2.39. The van der Waals surface area contributed by atoms with Gasteiger partial charge >= 0.3 is 0 Å². The van der Waals surface area contributed by atoms with E-state index in [2.05, 4.69) is 79.2 Å². The van der Waals surface area contributed by atoms with Crippen molar-refractivity contribution in [1.82, 2.24) is 0 Å². The number of halogens is 1. The Balaban J connectivity index is 2.28. The van der Waals surface area contributed by atoms with Crippen molar-refractivity contribution >= 4 is 27.7 Å². The Hall–Kier alpha value is -0.770. The third kappa shape index (κ3) is 3.87. The predicted octanol–water partition coefficient (Wildman–Crippen LogP) is 5.25. The van der Waals surface area contributed by atoms with Crippen LogP contribution in [-0.2, 0) is 0 Å². The maximum atomic E-state index is 6.20. The molecule has 2 unspecified atom stereocenters. The molecule has 2 atom stereocenters. The summed E-state index contributed by atoms with van der Waals surface area (Å²) < 4.78 is 1.10. The molecule has 0 amide bonds. The van der Waals surface area contributed by atoms with Gasteiger partial charge in [0, 0.05) is 20.7 Å². The van der Waals surface area contributed by atoms with Crippen molar-refractivity contribution in [2.24, 2.45) is 5.73 Å². The van der Waals surface area contributed by atoms with Gasteiger partial charge in [0.25, 0.3) is 0 Å². The summed E-state index contributed by atoms with van der Waals surface area (Å²) >= 11 is 5.33. The lowest BCUT2D eigenvalue weighted by molar-refractivity contribution is 0.721. The Morgan fingerprint density at radius 2 is 1.70 bits per heavy atom. The molecule has 0 fully saturated rings. The van der Waals surface area contributed by atoms with Gasteiger partial charge in [0.1, 0.15) is 0 Å². The molecule has 0 aliphatic carbocycles. The molecule has 0 saturated carbocycles. The number of hydrogen-bond acceptors (Lipinski definition) is 2. The highest BCUT2D eigenvalue weighted by molar-refractivity contribution is 9.10. The quantitative estimate of drug-likeness (QED) is 0.763. The summed E-state index contributed by atoms with van der Waals surface area (Å²) in [7, 11) is 0. The zero-order chi connectivity index (χ0) is 14.7. The van der Waals surface area contributed by atoms with Crippen LogP contribution in [0.3, 0.4) is 0 Å². The van der Waals surface area contributed by atoms with Gasteiger partial charge in [0.15, 0.2) is 0 Å². The fourth-order valence-electron chi connectivity index (χ4n) is 2.20. The van der Waals surface area contributed by atoms with Gasteiger partial charge in [-0.2, -0.15) is 0 Å². The van der Waals surface area contributed by atoms with Gasteiger partial charge in [0.05, 0.1) is 0 Å². The van der Waals surface area contributed by atoms with Crippen LogP contribution in [0.4, 0.5) is 0 Å². The Labute approximate surface area is 134 Å². The number of thioether (sulfide) groups is 1. The molecular formula is C17H20BrNS. The number of nitrogens with two attached hydrogens (primary N) is 1. The van der Waals surface area contributed by atoms with Gasteiger partial charge in [0.2, 0.25) is 0 Å². The minimum atomic E-state index is 0.0990. The Bertz CT molecular complexity index is 578. The molecule has 0 aliphatic rings. The summed E-state index contributed by atoms with van der Waals surface area (Å²) in [6.07, 6.45) is 0. The molecule has 3 heteroatoms. The second-order valence-electron chi connectivity index (χ2n) is 5.22. The van der Waals surface area contributed by atoms with Crippen molar-refractivity contribution in [1.29, 1.82) is 0 Å². The zero-order valence-electron chi connectivity index (χ0n) is 12.1. The van der Waals surface area contributed by atoms with E-state index in [4.69, 9.17) is 5.73 Å². The molecule has 0 bridgehead atoms. The molecule has 2 rings (SSSR count). The van der Waals surface area contributed by atoms with Gasteiger partial charge in [-0.15, -0.1) is 11.8 Å². The van der Waals surface area contributed by atoms with Crippen LogP contribution in [0.1, 0.15) is 28.9 Å². The Morgan fingerprint density at radius 1 is 1.05 bits per heavy atom. The van der Waals surface area contributed by atoms with E-state index in [1.54, 1.807) is 0 Å². The fourth-order valence-corrected chi connectivity index (χ4v) is 3.64. The monoisotopic (exact) mass is 349 g/mol. The highest BCUT2D eigenvalue weighted by Gasteiger charge is 2.18. The van der Waals surface area contributed by atoms with Crippen LogP contribution in [0.5, 0.6) is 0 Å². The molecule has 1 nitrogen and oxygen atoms in total. The van der Waals surface area contributed by atoms with Crippen molar-refractivity contribution in [2.75, 3.05) is 0 Å². The number of aryl methyl sites for hydroxylation is 2. The SMILES string of the molecule is Cc1ccc(SC(c2ccc(Br)cc2)C(C)N)c(C)c1. The van der Waals surface area contributed by atoms with Crippen LogP contribution >= 0.6 is 27.7 Å². The van der Waals surface area contributed by atoms with Gasteiger partial charge < -0.3 is 5.73 Å². The zero-order valence-corrected chi connectivity index (χ0v) is 14.5. The molecule has 0 saturated heterocycles.